The van der Waals surface area contributed by atoms with E-state index in [0.717, 1.165) is 17.9 Å². The molecular weight excluding hydrogens is 222 g/mol. The van der Waals surface area contributed by atoms with Gasteiger partial charge in [-0.05, 0) is 37.5 Å². The lowest BCUT2D eigenvalue weighted by atomic mass is 9.90. The molecule has 1 unspecified atom stereocenters. The third kappa shape index (κ3) is 3.86. The van der Waals surface area contributed by atoms with Gasteiger partial charge < -0.3 is 5.32 Å². The van der Waals surface area contributed by atoms with Crippen LogP contribution in [0.5, 0.6) is 0 Å². The SMILES string of the molecule is CCC(C)(Cc1ccc(Cl)cc1)NC(C)=O. The Morgan fingerprint density at radius 1 is 1.38 bits per heavy atom. The maximum absolute atomic E-state index is 11.1. The number of amides is 1. The molecule has 2 nitrogen and oxygen atoms in total. The minimum atomic E-state index is -0.181. The molecule has 1 aromatic carbocycles. The largest absolute Gasteiger partial charge is 0.351 e. The first-order valence-electron chi connectivity index (χ1n) is 5.48. The van der Waals surface area contributed by atoms with Gasteiger partial charge in [-0.15, -0.1) is 0 Å². The van der Waals surface area contributed by atoms with Crippen molar-refractivity contribution in [3.8, 4) is 0 Å². The molecule has 0 bridgehead atoms. The number of nitrogens with one attached hydrogen (secondary N) is 1. The summed E-state index contributed by atoms with van der Waals surface area (Å²) in [5, 5.41) is 3.73. The van der Waals surface area contributed by atoms with Crippen LogP contribution in [0, 0.1) is 0 Å². The van der Waals surface area contributed by atoms with E-state index in [9.17, 15) is 4.79 Å². The van der Waals surface area contributed by atoms with Crippen LogP contribution in [-0.4, -0.2) is 11.4 Å². The second-order valence-electron chi connectivity index (χ2n) is 4.40. The van der Waals surface area contributed by atoms with Gasteiger partial charge in [0, 0.05) is 17.5 Å². The van der Waals surface area contributed by atoms with Crippen molar-refractivity contribution in [3.05, 3.63) is 34.9 Å². The molecule has 1 aromatic rings. The van der Waals surface area contributed by atoms with E-state index < -0.39 is 0 Å². The summed E-state index contributed by atoms with van der Waals surface area (Å²) in [7, 11) is 0. The Labute approximate surface area is 102 Å². The monoisotopic (exact) mass is 239 g/mol. The molecule has 0 aliphatic rings. The molecule has 0 saturated carbocycles. The van der Waals surface area contributed by atoms with E-state index in [1.54, 1.807) is 6.92 Å². The minimum absolute atomic E-state index is 0.0123. The van der Waals surface area contributed by atoms with Crippen LogP contribution in [0.4, 0.5) is 0 Å². The van der Waals surface area contributed by atoms with Crippen LogP contribution in [0.15, 0.2) is 24.3 Å². The highest BCUT2D eigenvalue weighted by molar-refractivity contribution is 6.30. The molecule has 1 rings (SSSR count). The van der Waals surface area contributed by atoms with Crippen molar-refractivity contribution in [1.82, 2.24) is 5.32 Å². The number of hydrogen-bond donors (Lipinski definition) is 1. The van der Waals surface area contributed by atoms with Gasteiger partial charge in [0.1, 0.15) is 0 Å². The Bertz CT molecular complexity index is 361. The highest BCUT2D eigenvalue weighted by Gasteiger charge is 2.23. The zero-order valence-corrected chi connectivity index (χ0v) is 10.8. The lowest BCUT2D eigenvalue weighted by molar-refractivity contribution is -0.120. The fourth-order valence-electron chi connectivity index (χ4n) is 1.74. The smallest absolute Gasteiger partial charge is 0.217 e. The number of rotatable bonds is 4. The van der Waals surface area contributed by atoms with Gasteiger partial charge in [-0.1, -0.05) is 30.7 Å². The molecular formula is C13H18ClNO. The van der Waals surface area contributed by atoms with Crippen LogP contribution >= 0.6 is 11.6 Å². The van der Waals surface area contributed by atoms with E-state index >= 15 is 0 Å². The van der Waals surface area contributed by atoms with E-state index in [0.29, 0.717) is 0 Å². The Morgan fingerprint density at radius 3 is 2.38 bits per heavy atom. The number of hydrogen-bond acceptors (Lipinski definition) is 1. The first-order valence-corrected chi connectivity index (χ1v) is 5.86. The van der Waals surface area contributed by atoms with Gasteiger partial charge in [0.25, 0.3) is 0 Å². The minimum Gasteiger partial charge on any atom is -0.351 e. The topological polar surface area (TPSA) is 29.1 Å². The molecule has 0 spiro atoms. The molecule has 3 heteroatoms. The fraction of sp³-hybridized carbons (Fsp3) is 0.462. The van der Waals surface area contributed by atoms with Crippen molar-refractivity contribution in [2.24, 2.45) is 0 Å². The Hall–Kier alpha value is -1.02. The van der Waals surface area contributed by atoms with Crippen molar-refractivity contribution < 1.29 is 4.79 Å². The van der Waals surface area contributed by atoms with Crippen LogP contribution in [0.2, 0.25) is 5.02 Å². The van der Waals surface area contributed by atoms with Crippen molar-refractivity contribution in [3.63, 3.8) is 0 Å². The first kappa shape index (κ1) is 13.0. The third-order valence-corrected chi connectivity index (χ3v) is 3.02. The number of carbonyl (C=O) groups excluding carboxylic acids is 1. The predicted octanol–water partition coefficient (Wildman–Crippen LogP) is 3.19. The maximum atomic E-state index is 11.1. The van der Waals surface area contributed by atoms with E-state index in [1.807, 2.05) is 24.3 Å². The number of halogens is 1. The van der Waals surface area contributed by atoms with E-state index in [2.05, 4.69) is 19.2 Å². The number of benzene rings is 1. The summed E-state index contributed by atoms with van der Waals surface area (Å²) < 4.78 is 0. The average molecular weight is 240 g/mol. The molecule has 1 amide bonds. The van der Waals surface area contributed by atoms with Crippen molar-refractivity contribution >= 4 is 17.5 Å². The van der Waals surface area contributed by atoms with E-state index in [4.69, 9.17) is 11.6 Å². The van der Waals surface area contributed by atoms with Crippen LogP contribution in [0.25, 0.3) is 0 Å². The second kappa shape index (κ2) is 5.35. The standard InChI is InChI=1S/C13H18ClNO/c1-4-13(3,15-10(2)16)9-11-5-7-12(14)8-6-11/h5-8H,4,9H2,1-3H3,(H,15,16). The Kier molecular flexibility index (Phi) is 4.36. The predicted molar refractivity (Wildman–Crippen MR) is 67.7 cm³/mol. The zero-order chi connectivity index (χ0) is 12.2. The van der Waals surface area contributed by atoms with Gasteiger partial charge in [0.2, 0.25) is 5.91 Å². The third-order valence-electron chi connectivity index (χ3n) is 2.77. The summed E-state index contributed by atoms with van der Waals surface area (Å²) in [5.41, 5.74) is 1.00. The van der Waals surface area contributed by atoms with Crippen LogP contribution < -0.4 is 5.32 Å². The highest BCUT2D eigenvalue weighted by Crippen LogP contribution is 2.18. The Morgan fingerprint density at radius 2 is 1.94 bits per heavy atom. The van der Waals surface area contributed by atoms with Crippen molar-refractivity contribution in [1.29, 1.82) is 0 Å². The zero-order valence-electron chi connectivity index (χ0n) is 10.0. The molecule has 16 heavy (non-hydrogen) atoms. The van der Waals surface area contributed by atoms with Crippen molar-refractivity contribution in [2.75, 3.05) is 0 Å². The van der Waals surface area contributed by atoms with Gasteiger partial charge in [-0.3, -0.25) is 4.79 Å². The summed E-state index contributed by atoms with van der Waals surface area (Å²) >= 11 is 5.83. The summed E-state index contributed by atoms with van der Waals surface area (Å²) in [5.74, 6) is 0.0123. The molecule has 0 aromatic heterocycles. The molecule has 88 valence electrons. The lowest BCUT2D eigenvalue weighted by Crippen LogP contribution is -2.46. The number of carbonyl (C=O) groups is 1. The van der Waals surface area contributed by atoms with Crippen LogP contribution in [0.3, 0.4) is 0 Å². The van der Waals surface area contributed by atoms with Gasteiger partial charge in [-0.2, -0.15) is 0 Å². The van der Waals surface area contributed by atoms with Gasteiger partial charge >= 0.3 is 0 Å². The fourth-order valence-corrected chi connectivity index (χ4v) is 1.86. The maximum Gasteiger partial charge on any atom is 0.217 e. The molecule has 1 N–H and O–H groups in total. The molecule has 0 saturated heterocycles. The van der Waals surface area contributed by atoms with Crippen LogP contribution in [0.1, 0.15) is 32.8 Å². The molecule has 0 radical (unpaired) electrons. The molecule has 0 heterocycles. The molecule has 0 fully saturated rings. The molecule has 0 aliphatic carbocycles. The summed E-state index contributed by atoms with van der Waals surface area (Å²) in [4.78, 5) is 11.1. The molecule has 0 aliphatic heterocycles. The summed E-state index contributed by atoms with van der Waals surface area (Å²) in [6.07, 6.45) is 1.72. The van der Waals surface area contributed by atoms with Crippen molar-refractivity contribution in [2.45, 2.75) is 39.2 Å². The van der Waals surface area contributed by atoms with E-state index in [1.165, 1.54) is 5.56 Å². The van der Waals surface area contributed by atoms with Gasteiger partial charge in [0.05, 0.1) is 0 Å². The Balaban J connectivity index is 2.76. The van der Waals surface area contributed by atoms with Gasteiger partial charge in [0.15, 0.2) is 0 Å². The normalized spacial score (nSPS) is 14.2. The second-order valence-corrected chi connectivity index (χ2v) is 4.84. The van der Waals surface area contributed by atoms with Gasteiger partial charge in [-0.25, -0.2) is 0 Å². The molecule has 1 atom stereocenters. The highest BCUT2D eigenvalue weighted by atomic mass is 35.5. The quantitative estimate of drug-likeness (QED) is 0.859. The van der Waals surface area contributed by atoms with E-state index in [-0.39, 0.29) is 11.4 Å². The first-order chi connectivity index (χ1) is 7.45. The van der Waals surface area contributed by atoms with Crippen LogP contribution in [-0.2, 0) is 11.2 Å². The average Bonchev–Trinajstić information content (AvgIpc) is 2.20. The summed E-state index contributed by atoms with van der Waals surface area (Å²) in [6, 6.07) is 7.75. The summed E-state index contributed by atoms with van der Waals surface area (Å²) in [6.45, 7) is 5.69. The lowest BCUT2D eigenvalue weighted by Gasteiger charge is -2.29.